The molecule has 0 aromatic heterocycles. The number of halogens is 3. The molecule has 0 aliphatic carbocycles. The summed E-state index contributed by atoms with van der Waals surface area (Å²) in [5.74, 6) is 0. The molecule has 0 amide bonds. The summed E-state index contributed by atoms with van der Waals surface area (Å²) in [4.78, 5) is 2.39. The van der Waals surface area contributed by atoms with Gasteiger partial charge in [0.2, 0.25) is 0 Å². The van der Waals surface area contributed by atoms with Crippen molar-refractivity contribution in [2.45, 2.75) is 51.7 Å². The highest BCUT2D eigenvalue weighted by Gasteiger charge is 2.26. The van der Waals surface area contributed by atoms with Gasteiger partial charge in [0, 0.05) is 19.0 Å². The van der Waals surface area contributed by atoms with Gasteiger partial charge in [-0.2, -0.15) is 13.2 Å². The first-order valence-electron chi connectivity index (χ1n) is 7.02. The third kappa shape index (κ3) is 8.26. The molecule has 1 N–H and O–H groups in total. The Bertz CT molecular complexity index is 275. The van der Waals surface area contributed by atoms with Gasteiger partial charge in [-0.15, -0.1) is 0 Å². The maximum atomic E-state index is 12.0. The number of nitrogens with zero attached hydrogens (tertiary/aromatic N) is 1. The number of hydrogen-bond acceptors (Lipinski definition) is 2. The summed E-state index contributed by atoms with van der Waals surface area (Å²) in [7, 11) is 0. The summed E-state index contributed by atoms with van der Waals surface area (Å²) in [6.45, 7) is 7.70. The highest BCUT2D eigenvalue weighted by atomic mass is 19.4. The number of allylic oxidation sites excluding steroid dienone is 1. The monoisotopic (exact) mass is 278 g/mol. The number of rotatable bonds is 6. The van der Waals surface area contributed by atoms with Crippen LogP contribution >= 0.6 is 0 Å². The van der Waals surface area contributed by atoms with Gasteiger partial charge in [-0.25, -0.2) is 0 Å². The van der Waals surface area contributed by atoms with Crippen molar-refractivity contribution in [1.29, 1.82) is 0 Å². The van der Waals surface area contributed by atoms with Crippen LogP contribution in [0.15, 0.2) is 11.6 Å². The maximum absolute atomic E-state index is 12.0. The average Bonchev–Trinajstić information content (AvgIpc) is 2.32. The largest absolute Gasteiger partial charge is 0.389 e. The highest BCUT2D eigenvalue weighted by Crippen LogP contribution is 2.21. The van der Waals surface area contributed by atoms with Crippen molar-refractivity contribution in [3.05, 3.63) is 11.6 Å². The van der Waals surface area contributed by atoms with Crippen molar-refractivity contribution in [2.75, 3.05) is 26.2 Å². The summed E-state index contributed by atoms with van der Waals surface area (Å²) in [6.07, 6.45) is -0.237. The maximum Gasteiger partial charge on any atom is 0.389 e. The first-order chi connectivity index (χ1) is 8.87. The van der Waals surface area contributed by atoms with Gasteiger partial charge in [0.05, 0.1) is 0 Å². The first kappa shape index (κ1) is 16.5. The Balaban J connectivity index is 2.08. The SMILES string of the molecule is CC(C)=CCN1CCC(NCCCC(F)(F)F)CC1. The van der Waals surface area contributed by atoms with Crippen LogP contribution in [0.1, 0.15) is 39.5 Å². The topological polar surface area (TPSA) is 15.3 Å². The molecule has 1 saturated heterocycles. The summed E-state index contributed by atoms with van der Waals surface area (Å²) in [5, 5.41) is 3.24. The lowest BCUT2D eigenvalue weighted by molar-refractivity contribution is -0.135. The molecule has 1 fully saturated rings. The smallest absolute Gasteiger partial charge is 0.314 e. The third-order valence-corrected chi connectivity index (χ3v) is 3.42. The lowest BCUT2D eigenvalue weighted by Gasteiger charge is -2.31. The lowest BCUT2D eigenvalue weighted by atomic mass is 10.0. The molecular weight excluding hydrogens is 253 g/mol. The fourth-order valence-corrected chi connectivity index (χ4v) is 2.23. The standard InChI is InChI=1S/C14H25F3N2/c1-12(2)4-9-19-10-5-13(6-11-19)18-8-3-7-14(15,16)17/h4,13,18H,3,5-11H2,1-2H3. The predicted molar refractivity (Wildman–Crippen MR) is 72.2 cm³/mol. The highest BCUT2D eigenvalue weighted by molar-refractivity contribution is 4.95. The van der Waals surface area contributed by atoms with E-state index in [2.05, 4.69) is 30.1 Å². The minimum absolute atomic E-state index is 0.182. The molecule has 0 aromatic rings. The number of piperidine rings is 1. The van der Waals surface area contributed by atoms with E-state index in [9.17, 15) is 13.2 Å². The molecule has 1 rings (SSSR count). The Morgan fingerprint density at radius 1 is 1.26 bits per heavy atom. The quantitative estimate of drug-likeness (QED) is 0.592. The van der Waals surface area contributed by atoms with E-state index >= 15 is 0 Å². The molecule has 1 aliphatic heterocycles. The molecule has 0 saturated carbocycles. The van der Waals surface area contributed by atoms with E-state index in [-0.39, 0.29) is 6.42 Å². The predicted octanol–water partition coefficient (Wildman–Crippen LogP) is 3.35. The molecule has 1 heterocycles. The number of nitrogens with one attached hydrogen (secondary N) is 1. The summed E-state index contributed by atoms with van der Waals surface area (Å²) < 4.78 is 35.9. The van der Waals surface area contributed by atoms with Gasteiger partial charge in [0.15, 0.2) is 0 Å². The molecule has 0 radical (unpaired) electrons. The molecule has 0 spiro atoms. The van der Waals surface area contributed by atoms with Gasteiger partial charge < -0.3 is 5.32 Å². The van der Waals surface area contributed by atoms with Crippen LogP contribution in [-0.4, -0.2) is 43.3 Å². The second-order valence-electron chi connectivity index (χ2n) is 5.53. The zero-order valence-corrected chi connectivity index (χ0v) is 11.9. The lowest BCUT2D eigenvalue weighted by Crippen LogP contribution is -2.42. The van der Waals surface area contributed by atoms with E-state index in [0.717, 1.165) is 32.5 Å². The normalized spacial score (nSPS) is 18.6. The van der Waals surface area contributed by atoms with Gasteiger partial charge >= 0.3 is 6.18 Å². The molecule has 0 bridgehead atoms. The third-order valence-electron chi connectivity index (χ3n) is 3.42. The van der Waals surface area contributed by atoms with Crippen LogP contribution in [0.5, 0.6) is 0 Å². The Kier molecular flexibility index (Phi) is 6.86. The van der Waals surface area contributed by atoms with Crippen LogP contribution in [-0.2, 0) is 0 Å². The fourth-order valence-electron chi connectivity index (χ4n) is 2.23. The Morgan fingerprint density at radius 3 is 2.42 bits per heavy atom. The average molecular weight is 278 g/mol. The van der Waals surface area contributed by atoms with E-state index in [1.54, 1.807) is 0 Å². The second-order valence-corrected chi connectivity index (χ2v) is 5.53. The Labute approximate surface area is 114 Å². The molecule has 0 atom stereocenters. The van der Waals surface area contributed by atoms with E-state index in [4.69, 9.17) is 0 Å². The number of alkyl halides is 3. The second kappa shape index (κ2) is 7.90. The van der Waals surface area contributed by atoms with Crippen LogP contribution < -0.4 is 5.32 Å². The number of hydrogen-bond donors (Lipinski definition) is 1. The van der Waals surface area contributed by atoms with Gasteiger partial charge in [0.25, 0.3) is 0 Å². The molecule has 5 heteroatoms. The van der Waals surface area contributed by atoms with E-state index in [1.807, 2.05) is 0 Å². The van der Waals surface area contributed by atoms with Gasteiger partial charge in [-0.1, -0.05) is 11.6 Å². The first-order valence-corrected chi connectivity index (χ1v) is 7.02. The van der Waals surface area contributed by atoms with Crippen molar-refractivity contribution >= 4 is 0 Å². The molecule has 0 unspecified atom stereocenters. The van der Waals surface area contributed by atoms with E-state index in [1.165, 1.54) is 5.57 Å². The summed E-state index contributed by atoms with van der Waals surface area (Å²) in [5.41, 5.74) is 1.33. The Morgan fingerprint density at radius 2 is 1.89 bits per heavy atom. The van der Waals surface area contributed by atoms with Crippen LogP contribution in [0.4, 0.5) is 13.2 Å². The van der Waals surface area contributed by atoms with Crippen LogP contribution in [0.2, 0.25) is 0 Å². The number of likely N-dealkylation sites (tertiary alicyclic amines) is 1. The van der Waals surface area contributed by atoms with Crippen LogP contribution in [0.25, 0.3) is 0 Å². The summed E-state index contributed by atoms with van der Waals surface area (Å²) >= 11 is 0. The van der Waals surface area contributed by atoms with Crippen molar-refractivity contribution in [2.24, 2.45) is 0 Å². The summed E-state index contributed by atoms with van der Waals surface area (Å²) in [6, 6.07) is 0.385. The molecule has 2 nitrogen and oxygen atoms in total. The van der Waals surface area contributed by atoms with Crippen molar-refractivity contribution in [3.63, 3.8) is 0 Å². The molecular formula is C14H25F3N2. The van der Waals surface area contributed by atoms with E-state index in [0.29, 0.717) is 12.6 Å². The molecule has 0 aromatic carbocycles. The zero-order chi connectivity index (χ0) is 14.3. The Hall–Kier alpha value is -0.550. The fraction of sp³-hybridized carbons (Fsp3) is 0.857. The zero-order valence-electron chi connectivity index (χ0n) is 11.9. The van der Waals surface area contributed by atoms with Crippen molar-refractivity contribution < 1.29 is 13.2 Å². The molecule has 1 aliphatic rings. The van der Waals surface area contributed by atoms with E-state index < -0.39 is 12.6 Å². The van der Waals surface area contributed by atoms with Crippen LogP contribution in [0, 0.1) is 0 Å². The van der Waals surface area contributed by atoms with Gasteiger partial charge in [-0.3, -0.25) is 4.90 Å². The van der Waals surface area contributed by atoms with Gasteiger partial charge in [-0.05, 0) is 52.7 Å². The van der Waals surface area contributed by atoms with Crippen LogP contribution in [0.3, 0.4) is 0 Å². The van der Waals surface area contributed by atoms with Gasteiger partial charge in [0.1, 0.15) is 0 Å². The van der Waals surface area contributed by atoms with Crippen molar-refractivity contribution in [1.82, 2.24) is 10.2 Å². The minimum Gasteiger partial charge on any atom is -0.314 e. The minimum atomic E-state index is -4.02. The molecule has 19 heavy (non-hydrogen) atoms. The van der Waals surface area contributed by atoms with Crippen molar-refractivity contribution in [3.8, 4) is 0 Å². The molecule has 112 valence electrons.